The fourth-order valence-corrected chi connectivity index (χ4v) is 3.93. The number of likely N-dealkylation sites (tertiary alicyclic amines) is 1. The van der Waals surface area contributed by atoms with E-state index in [2.05, 4.69) is 29.0 Å². The van der Waals surface area contributed by atoms with Crippen molar-refractivity contribution in [2.24, 2.45) is 5.92 Å². The Hall–Kier alpha value is -0.120. The van der Waals surface area contributed by atoms with Gasteiger partial charge in [0, 0.05) is 12.6 Å². The summed E-state index contributed by atoms with van der Waals surface area (Å²) in [6.07, 6.45) is 8.27. The third kappa shape index (κ3) is 5.01. The van der Waals surface area contributed by atoms with Gasteiger partial charge in [-0.1, -0.05) is 13.8 Å². The van der Waals surface area contributed by atoms with Gasteiger partial charge in [0.2, 0.25) is 0 Å². The molecule has 0 spiro atoms. The van der Waals surface area contributed by atoms with Gasteiger partial charge in [0.15, 0.2) is 0 Å². The molecule has 0 aromatic carbocycles. The van der Waals surface area contributed by atoms with E-state index < -0.39 is 0 Å². The Labute approximate surface area is 126 Å². The number of hydrogen-bond donors (Lipinski definition) is 1. The number of piperidine rings is 1. The minimum Gasteiger partial charge on any atom is -0.317 e. The largest absolute Gasteiger partial charge is 0.317 e. The zero-order valence-corrected chi connectivity index (χ0v) is 13.7. The Morgan fingerprint density at radius 3 is 2.55 bits per heavy atom. The SMILES string of the molecule is CCCN(CC1CCNCC1)C1CCCN(CC)CC1. The van der Waals surface area contributed by atoms with Gasteiger partial charge < -0.3 is 15.1 Å². The van der Waals surface area contributed by atoms with Gasteiger partial charge in [0.25, 0.3) is 0 Å². The van der Waals surface area contributed by atoms with Crippen LogP contribution in [0.1, 0.15) is 52.4 Å². The molecule has 0 aromatic heterocycles. The monoisotopic (exact) mass is 281 g/mol. The van der Waals surface area contributed by atoms with Gasteiger partial charge >= 0.3 is 0 Å². The Morgan fingerprint density at radius 2 is 1.85 bits per heavy atom. The third-order valence-corrected chi connectivity index (χ3v) is 5.22. The molecule has 1 N–H and O–H groups in total. The predicted molar refractivity (Wildman–Crippen MR) is 87.2 cm³/mol. The van der Waals surface area contributed by atoms with Crippen LogP contribution < -0.4 is 5.32 Å². The van der Waals surface area contributed by atoms with E-state index in [1.807, 2.05) is 0 Å². The van der Waals surface area contributed by atoms with E-state index in [0.717, 1.165) is 12.0 Å². The molecule has 0 amide bonds. The second-order valence-corrected chi connectivity index (χ2v) is 6.71. The molecule has 0 radical (unpaired) electrons. The number of nitrogens with one attached hydrogen (secondary N) is 1. The van der Waals surface area contributed by atoms with E-state index in [0.29, 0.717) is 0 Å². The molecule has 1 atom stereocenters. The van der Waals surface area contributed by atoms with Crippen molar-refractivity contribution < 1.29 is 0 Å². The summed E-state index contributed by atoms with van der Waals surface area (Å²) in [4.78, 5) is 5.48. The molecule has 2 heterocycles. The highest BCUT2D eigenvalue weighted by atomic mass is 15.2. The average molecular weight is 281 g/mol. The number of nitrogens with zero attached hydrogens (tertiary/aromatic N) is 2. The minimum atomic E-state index is 0.849. The molecule has 2 fully saturated rings. The highest BCUT2D eigenvalue weighted by Gasteiger charge is 2.24. The number of rotatable bonds is 6. The Kier molecular flexibility index (Phi) is 7.32. The van der Waals surface area contributed by atoms with Crippen LogP contribution in [0.4, 0.5) is 0 Å². The van der Waals surface area contributed by atoms with Gasteiger partial charge in [-0.2, -0.15) is 0 Å². The fraction of sp³-hybridized carbons (Fsp3) is 1.00. The topological polar surface area (TPSA) is 18.5 Å². The van der Waals surface area contributed by atoms with Gasteiger partial charge in [-0.05, 0) is 83.7 Å². The van der Waals surface area contributed by atoms with E-state index in [9.17, 15) is 0 Å². The van der Waals surface area contributed by atoms with E-state index in [1.54, 1.807) is 0 Å². The van der Waals surface area contributed by atoms with Crippen LogP contribution in [0.25, 0.3) is 0 Å². The normalized spacial score (nSPS) is 26.9. The third-order valence-electron chi connectivity index (χ3n) is 5.22. The van der Waals surface area contributed by atoms with Crippen LogP contribution in [-0.2, 0) is 0 Å². The molecular formula is C17H35N3. The predicted octanol–water partition coefficient (Wildman–Crippen LogP) is 2.57. The van der Waals surface area contributed by atoms with Crippen molar-refractivity contribution in [3.05, 3.63) is 0 Å². The highest BCUT2D eigenvalue weighted by molar-refractivity contribution is 4.80. The summed E-state index contributed by atoms with van der Waals surface area (Å²) in [5.41, 5.74) is 0. The van der Waals surface area contributed by atoms with Crippen LogP contribution in [-0.4, -0.2) is 61.7 Å². The summed E-state index contributed by atoms with van der Waals surface area (Å²) < 4.78 is 0. The highest BCUT2D eigenvalue weighted by Crippen LogP contribution is 2.21. The Balaban J connectivity index is 1.85. The second-order valence-electron chi connectivity index (χ2n) is 6.71. The lowest BCUT2D eigenvalue weighted by atomic mass is 9.95. The molecule has 118 valence electrons. The summed E-state index contributed by atoms with van der Waals surface area (Å²) in [7, 11) is 0. The van der Waals surface area contributed by atoms with Crippen molar-refractivity contribution in [3.63, 3.8) is 0 Å². The van der Waals surface area contributed by atoms with E-state index in [-0.39, 0.29) is 0 Å². The maximum atomic E-state index is 3.50. The summed E-state index contributed by atoms with van der Waals surface area (Å²) in [6.45, 7) is 13.6. The Bertz CT molecular complexity index is 251. The first-order valence-electron chi connectivity index (χ1n) is 9.00. The maximum absolute atomic E-state index is 3.50. The van der Waals surface area contributed by atoms with E-state index in [1.165, 1.54) is 84.3 Å². The smallest absolute Gasteiger partial charge is 0.0108 e. The van der Waals surface area contributed by atoms with Crippen molar-refractivity contribution in [2.45, 2.75) is 58.4 Å². The quantitative estimate of drug-likeness (QED) is 0.807. The maximum Gasteiger partial charge on any atom is 0.0108 e. The summed E-state index contributed by atoms with van der Waals surface area (Å²) >= 11 is 0. The molecule has 0 bridgehead atoms. The second kappa shape index (κ2) is 9.01. The molecule has 2 aliphatic heterocycles. The lowest BCUT2D eigenvalue weighted by molar-refractivity contribution is 0.138. The lowest BCUT2D eigenvalue weighted by Crippen LogP contribution is -2.42. The van der Waals surface area contributed by atoms with Crippen LogP contribution in [0.2, 0.25) is 0 Å². The van der Waals surface area contributed by atoms with Crippen LogP contribution >= 0.6 is 0 Å². The molecule has 0 aromatic rings. The van der Waals surface area contributed by atoms with Crippen LogP contribution in [0.3, 0.4) is 0 Å². The molecule has 2 rings (SSSR count). The van der Waals surface area contributed by atoms with Crippen molar-refractivity contribution >= 4 is 0 Å². The summed E-state index contributed by atoms with van der Waals surface area (Å²) in [5.74, 6) is 0.938. The van der Waals surface area contributed by atoms with Crippen LogP contribution in [0.5, 0.6) is 0 Å². The first-order valence-corrected chi connectivity index (χ1v) is 9.00. The number of hydrogen-bond acceptors (Lipinski definition) is 3. The molecule has 20 heavy (non-hydrogen) atoms. The van der Waals surface area contributed by atoms with Crippen molar-refractivity contribution in [2.75, 3.05) is 45.8 Å². The molecule has 0 saturated carbocycles. The van der Waals surface area contributed by atoms with Gasteiger partial charge in [-0.15, -0.1) is 0 Å². The van der Waals surface area contributed by atoms with Gasteiger partial charge in [-0.3, -0.25) is 0 Å². The minimum absolute atomic E-state index is 0.849. The Morgan fingerprint density at radius 1 is 1.05 bits per heavy atom. The van der Waals surface area contributed by atoms with Crippen LogP contribution in [0.15, 0.2) is 0 Å². The standard InChI is InChI=1S/C17H35N3/c1-3-12-20(15-16-7-10-18-11-8-16)17-6-5-13-19(4-2)14-9-17/h16-18H,3-15H2,1-2H3. The first kappa shape index (κ1) is 16.3. The average Bonchev–Trinajstić information content (AvgIpc) is 2.73. The summed E-state index contributed by atoms with van der Waals surface area (Å²) in [5, 5.41) is 3.50. The first-order chi connectivity index (χ1) is 9.83. The lowest BCUT2D eigenvalue weighted by Gasteiger charge is -2.35. The van der Waals surface area contributed by atoms with Crippen molar-refractivity contribution in [1.82, 2.24) is 15.1 Å². The van der Waals surface area contributed by atoms with Gasteiger partial charge in [-0.25, -0.2) is 0 Å². The molecule has 2 aliphatic rings. The molecular weight excluding hydrogens is 246 g/mol. The van der Waals surface area contributed by atoms with E-state index in [4.69, 9.17) is 0 Å². The molecule has 1 unspecified atom stereocenters. The zero-order chi connectivity index (χ0) is 14.2. The van der Waals surface area contributed by atoms with Gasteiger partial charge in [0.05, 0.1) is 0 Å². The van der Waals surface area contributed by atoms with Gasteiger partial charge in [0.1, 0.15) is 0 Å². The van der Waals surface area contributed by atoms with Crippen molar-refractivity contribution in [1.29, 1.82) is 0 Å². The van der Waals surface area contributed by atoms with Crippen LogP contribution in [0, 0.1) is 5.92 Å². The molecule has 2 saturated heterocycles. The van der Waals surface area contributed by atoms with Crippen molar-refractivity contribution in [3.8, 4) is 0 Å². The molecule has 3 heteroatoms. The molecule has 3 nitrogen and oxygen atoms in total. The zero-order valence-electron chi connectivity index (χ0n) is 13.7. The molecule has 0 aliphatic carbocycles. The summed E-state index contributed by atoms with van der Waals surface area (Å²) in [6, 6.07) is 0.849. The fourth-order valence-electron chi connectivity index (χ4n) is 3.93. The van der Waals surface area contributed by atoms with E-state index >= 15 is 0 Å².